The third-order valence-electron chi connectivity index (χ3n) is 0.313. The summed E-state index contributed by atoms with van der Waals surface area (Å²) in [4.78, 5) is 7.46. The minimum absolute atomic E-state index is 1.19. The van der Waals surface area contributed by atoms with Gasteiger partial charge in [-0.3, -0.25) is 0 Å². The summed E-state index contributed by atoms with van der Waals surface area (Å²) in [6.45, 7) is 1.19. The van der Waals surface area contributed by atoms with Crippen molar-refractivity contribution in [2.45, 2.75) is 13.0 Å². The maximum Gasteiger partial charge on any atom is 0.371 e. The van der Waals surface area contributed by atoms with Crippen LogP contribution in [0.25, 0.3) is 0 Å². The summed E-state index contributed by atoms with van der Waals surface area (Å²) in [5, 5.41) is 0. The van der Waals surface area contributed by atoms with E-state index in [1.54, 1.807) is 0 Å². The standard InChI is InChI=1S/C2H3FO2/c1-2(3)4-5-2/h1H3. The molecule has 3 heteroatoms. The Balaban J connectivity index is 2.38. The minimum Gasteiger partial charge on any atom is -0.176 e. The van der Waals surface area contributed by atoms with Crippen LogP contribution < -0.4 is 0 Å². The third kappa shape index (κ3) is 0.560. The summed E-state index contributed by atoms with van der Waals surface area (Å²) in [7, 11) is 0. The van der Waals surface area contributed by atoms with E-state index in [0.717, 1.165) is 0 Å². The van der Waals surface area contributed by atoms with Gasteiger partial charge in [0.05, 0.1) is 0 Å². The van der Waals surface area contributed by atoms with Crippen molar-refractivity contribution < 1.29 is 14.2 Å². The van der Waals surface area contributed by atoms with Crippen molar-refractivity contribution in [1.82, 2.24) is 0 Å². The van der Waals surface area contributed by atoms with Crippen LogP contribution in [0.4, 0.5) is 4.39 Å². The second-order valence-electron chi connectivity index (χ2n) is 1.00. The quantitative estimate of drug-likeness (QED) is 0.313. The molecule has 1 saturated heterocycles. The second-order valence-corrected chi connectivity index (χ2v) is 1.00. The largest absolute Gasteiger partial charge is 0.371 e. The molecule has 2 nitrogen and oxygen atoms in total. The average Bonchev–Trinajstić information content (AvgIpc) is 1.76. The molecule has 0 spiro atoms. The van der Waals surface area contributed by atoms with Crippen LogP contribution in [0.5, 0.6) is 0 Å². The molecule has 0 unspecified atom stereocenters. The minimum atomic E-state index is -1.75. The second kappa shape index (κ2) is 0.507. The highest BCUT2D eigenvalue weighted by molar-refractivity contribution is 4.42. The van der Waals surface area contributed by atoms with Crippen LogP contribution in [0, 0.1) is 0 Å². The summed E-state index contributed by atoms with van der Waals surface area (Å²) in [5.41, 5.74) is 0. The van der Waals surface area contributed by atoms with Crippen LogP contribution in [0.15, 0.2) is 0 Å². The fraction of sp³-hybridized carbons (Fsp3) is 1.00. The Labute approximate surface area is 28.4 Å². The topological polar surface area (TPSA) is 25.1 Å². The van der Waals surface area contributed by atoms with Crippen molar-refractivity contribution >= 4 is 0 Å². The Kier molecular flexibility index (Phi) is 0.310. The van der Waals surface area contributed by atoms with E-state index in [4.69, 9.17) is 0 Å². The highest BCUT2D eigenvalue weighted by atomic mass is 19.2. The van der Waals surface area contributed by atoms with E-state index in [-0.39, 0.29) is 0 Å². The molecule has 1 rings (SSSR count). The molecule has 0 N–H and O–H groups in total. The smallest absolute Gasteiger partial charge is 0.176 e. The zero-order valence-corrected chi connectivity index (χ0v) is 2.69. The van der Waals surface area contributed by atoms with Gasteiger partial charge in [-0.25, -0.2) is 0 Å². The van der Waals surface area contributed by atoms with Crippen molar-refractivity contribution in [3.63, 3.8) is 0 Å². The first-order valence-corrected chi connectivity index (χ1v) is 1.26. The van der Waals surface area contributed by atoms with Crippen molar-refractivity contribution in [3.05, 3.63) is 0 Å². The van der Waals surface area contributed by atoms with Crippen molar-refractivity contribution in [2.75, 3.05) is 0 Å². The van der Waals surface area contributed by atoms with E-state index in [1.807, 2.05) is 0 Å². The molecule has 1 heterocycles. The lowest BCUT2D eigenvalue weighted by molar-refractivity contribution is 0.0850. The lowest BCUT2D eigenvalue weighted by atomic mass is 10.8. The predicted octanol–water partition coefficient (Wildman–Crippen LogP) is 0.591. The SMILES string of the molecule is CC1(F)OO1. The molecule has 0 amide bonds. The van der Waals surface area contributed by atoms with E-state index < -0.39 is 6.04 Å². The zero-order valence-electron chi connectivity index (χ0n) is 2.69. The molecular weight excluding hydrogens is 75.0 g/mol. The van der Waals surface area contributed by atoms with Crippen LogP contribution in [0.3, 0.4) is 0 Å². The van der Waals surface area contributed by atoms with Gasteiger partial charge in [-0.2, -0.15) is 14.2 Å². The summed E-state index contributed by atoms with van der Waals surface area (Å²) >= 11 is 0. The molecule has 1 aliphatic rings. The van der Waals surface area contributed by atoms with E-state index in [2.05, 4.69) is 9.78 Å². The molecule has 0 radical (unpaired) electrons. The fourth-order valence-corrected chi connectivity index (χ4v) is 0.0574. The highest BCUT2D eigenvalue weighted by Crippen LogP contribution is 2.28. The molecule has 0 bridgehead atoms. The van der Waals surface area contributed by atoms with Gasteiger partial charge in [-0.05, 0) is 0 Å². The molecule has 0 aromatic carbocycles. The van der Waals surface area contributed by atoms with Crippen LogP contribution in [-0.4, -0.2) is 6.04 Å². The van der Waals surface area contributed by atoms with E-state index in [1.165, 1.54) is 6.92 Å². The number of hydrogen-bond acceptors (Lipinski definition) is 2. The van der Waals surface area contributed by atoms with Crippen LogP contribution in [-0.2, 0) is 9.78 Å². The first-order chi connectivity index (χ1) is 2.21. The summed E-state index contributed by atoms with van der Waals surface area (Å²) in [6, 6.07) is -1.75. The first kappa shape index (κ1) is 3.06. The van der Waals surface area contributed by atoms with Gasteiger partial charge in [0.15, 0.2) is 0 Å². The van der Waals surface area contributed by atoms with E-state index in [0.29, 0.717) is 0 Å². The van der Waals surface area contributed by atoms with Crippen LogP contribution >= 0.6 is 0 Å². The number of halogens is 1. The number of alkyl halides is 1. The van der Waals surface area contributed by atoms with Gasteiger partial charge in [-0.1, -0.05) is 0 Å². The lowest BCUT2D eigenvalue weighted by Crippen LogP contribution is -1.86. The molecular formula is C2H3FO2. The van der Waals surface area contributed by atoms with Gasteiger partial charge in [0.25, 0.3) is 0 Å². The van der Waals surface area contributed by atoms with Crippen molar-refractivity contribution in [2.24, 2.45) is 0 Å². The maximum atomic E-state index is 11.4. The monoisotopic (exact) mass is 78.0 g/mol. The Morgan fingerprint density at radius 1 is 1.60 bits per heavy atom. The Hall–Kier alpha value is -0.150. The van der Waals surface area contributed by atoms with E-state index >= 15 is 0 Å². The predicted molar refractivity (Wildman–Crippen MR) is 11.7 cm³/mol. The Morgan fingerprint density at radius 2 is 1.80 bits per heavy atom. The molecule has 0 aromatic heterocycles. The third-order valence-corrected chi connectivity index (χ3v) is 0.313. The molecule has 5 heavy (non-hydrogen) atoms. The van der Waals surface area contributed by atoms with Gasteiger partial charge in [-0.15, -0.1) is 0 Å². The molecule has 0 saturated carbocycles. The van der Waals surface area contributed by atoms with Crippen LogP contribution in [0.1, 0.15) is 6.92 Å². The van der Waals surface area contributed by atoms with Gasteiger partial charge in [0, 0.05) is 6.92 Å². The molecule has 0 aliphatic carbocycles. The Morgan fingerprint density at radius 3 is 1.80 bits per heavy atom. The van der Waals surface area contributed by atoms with Crippen molar-refractivity contribution in [3.8, 4) is 0 Å². The molecule has 0 atom stereocenters. The first-order valence-electron chi connectivity index (χ1n) is 1.26. The average molecular weight is 78.0 g/mol. The van der Waals surface area contributed by atoms with E-state index in [9.17, 15) is 4.39 Å². The maximum absolute atomic E-state index is 11.4. The summed E-state index contributed by atoms with van der Waals surface area (Å²) in [5.74, 6) is 0. The molecule has 0 aromatic rings. The van der Waals surface area contributed by atoms with Gasteiger partial charge >= 0.3 is 6.04 Å². The lowest BCUT2D eigenvalue weighted by Gasteiger charge is -1.68. The summed E-state index contributed by atoms with van der Waals surface area (Å²) in [6.07, 6.45) is 0. The summed E-state index contributed by atoms with van der Waals surface area (Å²) < 4.78 is 11.4. The number of hydrogen-bond donors (Lipinski definition) is 0. The van der Waals surface area contributed by atoms with Gasteiger partial charge in [0.1, 0.15) is 0 Å². The van der Waals surface area contributed by atoms with Gasteiger partial charge < -0.3 is 0 Å². The molecule has 1 fully saturated rings. The van der Waals surface area contributed by atoms with Crippen molar-refractivity contribution in [1.29, 1.82) is 0 Å². The van der Waals surface area contributed by atoms with Gasteiger partial charge in [0.2, 0.25) is 0 Å². The Bertz CT molecular complexity index is 45.6. The fourth-order valence-electron chi connectivity index (χ4n) is 0.0574. The van der Waals surface area contributed by atoms with Crippen LogP contribution in [0.2, 0.25) is 0 Å². The highest BCUT2D eigenvalue weighted by Gasteiger charge is 2.43. The normalized spacial score (nSPS) is 30.0. The zero-order chi connectivity index (χ0) is 3.91. The number of rotatable bonds is 0. The molecule has 30 valence electrons. The molecule has 1 aliphatic heterocycles.